The van der Waals surface area contributed by atoms with Gasteiger partial charge < -0.3 is 15.0 Å². The molecule has 30 heavy (non-hydrogen) atoms. The Balaban J connectivity index is 1.24. The van der Waals surface area contributed by atoms with Gasteiger partial charge in [0, 0.05) is 36.5 Å². The highest BCUT2D eigenvalue weighted by Crippen LogP contribution is 2.24. The van der Waals surface area contributed by atoms with E-state index in [1.54, 1.807) is 29.5 Å². The molecule has 0 bridgehead atoms. The molecule has 0 fully saturated rings. The lowest BCUT2D eigenvalue weighted by Crippen LogP contribution is -2.37. The van der Waals surface area contributed by atoms with Crippen molar-refractivity contribution >= 4 is 23.2 Å². The van der Waals surface area contributed by atoms with Gasteiger partial charge in [-0.25, -0.2) is 0 Å². The average molecular weight is 421 g/mol. The first-order valence-electron chi connectivity index (χ1n) is 10.1. The van der Waals surface area contributed by atoms with Gasteiger partial charge in [0.1, 0.15) is 12.4 Å². The van der Waals surface area contributed by atoms with E-state index in [2.05, 4.69) is 16.8 Å². The molecule has 1 aromatic heterocycles. The van der Waals surface area contributed by atoms with E-state index in [9.17, 15) is 9.59 Å². The van der Waals surface area contributed by atoms with Crippen LogP contribution in [0, 0.1) is 0 Å². The summed E-state index contributed by atoms with van der Waals surface area (Å²) < 4.78 is 5.79. The Morgan fingerprint density at radius 1 is 1.07 bits per heavy atom. The maximum atomic E-state index is 12.5. The van der Waals surface area contributed by atoms with E-state index >= 15 is 0 Å². The first-order valence-corrected chi connectivity index (χ1v) is 10.9. The van der Waals surface area contributed by atoms with E-state index in [1.165, 1.54) is 10.4 Å². The quantitative estimate of drug-likeness (QED) is 0.628. The van der Waals surface area contributed by atoms with Crippen LogP contribution < -0.4 is 10.1 Å². The van der Waals surface area contributed by atoms with Crippen LogP contribution in [0.25, 0.3) is 0 Å². The predicted octanol–water partition coefficient (Wildman–Crippen LogP) is 4.03. The van der Waals surface area contributed by atoms with Crippen LogP contribution in [0.4, 0.5) is 0 Å². The fourth-order valence-electron chi connectivity index (χ4n) is 3.47. The molecule has 0 saturated carbocycles. The summed E-state index contributed by atoms with van der Waals surface area (Å²) in [6.45, 7) is 2.19. The van der Waals surface area contributed by atoms with Crippen LogP contribution in [-0.4, -0.2) is 29.8 Å². The van der Waals surface area contributed by atoms with Gasteiger partial charge in [0.25, 0.3) is 5.91 Å². The zero-order valence-corrected chi connectivity index (χ0v) is 17.5. The number of thiophene rings is 1. The summed E-state index contributed by atoms with van der Waals surface area (Å²) in [5.74, 6) is 0.515. The number of nitrogens with one attached hydrogen (secondary N) is 1. The zero-order chi connectivity index (χ0) is 20.8. The van der Waals surface area contributed by atoms with Crippen molar-refractivity contribution in [2.45, 2.75) is 26.0 Å². The van der Waals surface area contributed by atoms with E-state index in [0.29, 0.717) is 37.4 Å². The van der Waals surface area contributed by atoms with Gasteiger partial charge in [-0.2, -0.15) is 0 Å². The Hall–Kier alpha value is -3.12. The first kappa shape index (κ1) is 20.2. The van der Waals surface area contributed by atoms with E-state index in [-0.39, 0.29) is 11.8 Å². The van der Waals surface area contributed by atoms with Gasteiger partial charge in [0.05, 0.1) is 0 Å². The van der Waals surface area contributed by atoms with Crippen LogP contribution in [-0.2, 0) is 24.4 Å². The van der Waals surface area contributed by atoms with Gasteiger partial charge >= 0.3 is 0 Å². The van der Waals surface area contributed by atoms with Crippen LogP contribution in [0.1, 0.15) is 32.8 Å². The Morgan fingerprint density at radius 3 is 2.80 bits per heavy atom. The van der Waals surface area contributed by atoms with Crippen LogP contribution in [0.15, 0.2) is 66.0 Å². The lowest BCUT2D eigenvalue weighted by Gasteiger charge is -2.27. The van der Waals surface area contributed by atoms with Crippen molar-refractivity contribution in [1.29, 1.82) is 0 Å². The summed E-state index contributed by atoms with van der Waals surface area (Å²) in [5.41, 5.74) is 2.84. The molecule has 1 N–H and O–H groups in total. The van der Waals surface area contributed by atoms with Crippen molar-refractivity contribution in [1.82, 2.24) is 10.2 Å². The fraction of sp³-hybridized carbons (Fsp3) is 0.250. The summed E-state index contributed by atoms with van der Waals surface area (Å²) in [7, 11) is 0. The van der Waals surface area contributed by atoms with Gasteiger partial charge in [-0.3, -0.25) is 9.59 Å². The second-order valence-corrected chi connectivity index (χ2v) is 8.24. The van der Waals surface area contributed by atoms with Crippen molar-refractivity contribution < 1.29 is 14.3 Å². The number of hydrogen-bond acceptors (Lipinski definition) is 4. The molecule has 0 aliphatic carbocycles. The SMILES string of the molecule is O=C(NCCC(=O)N1CCc2sccc2C1)c1cccc(OCc2ccccc2)c1. The number of nitrogens with zero attached hydrogens (tertiary/aromatic N) is 1. The number of amides is 2. The molecule has 5 nitrogen and oxygen atoms in total. The molecule has 1 aliphatic rings. The van der Waals surface area contributed by atoms with Gasteiger partial charge in [0.15, 0.2) is 0 Å². The van der Waals surface area contributed by atoms with Crippen LogP contribution in [0.5, 0.6) is 5.75 Å². The van der Waals surface area contributed by atoms with Gasteiger partial charge in [-0.05, 0) is 47.2 Å². The molecule has 0 atom stereocenters. The average Bonchev–Trinajstić information content (AvgIpc) is 3.26. The Labute approximate surface area is 180 Å². The molecular formula is C24H24N2O3S. The maximum Gasteiger partial charge on any atom is 0.251 e. The molecule has 2 amide bonds. The lowest BCUT2D eigenvalue weighted by molar-refractivity contribution is -0.131. The first-order chi connectivity index (χ1) is 14.7. The van der Waals surface area contributed by atoms with Crippen LogP contribution >= 0.6 is 11.3 Å². The molecule has 0 radical (unpaired) electrons. The minimum atomic E-state index is -0.202. The van der Waals surface area contributed by atoms with E-state index in [1.807, 2.05) is 41.3 Å². The summed E-state index contributed by atoms with van der Waals surface area (Å²) >= 11 is 1.76. The second-order valence-electron chi connectivity index (χ2n) is 7.24. The van der Waals surface area contributed by atoms with Crippen LogP contribution in [0.3, 0.4) is 0 Å². The molecule has 2 aromatic carbocycles. The molecule has 2 heterocycles. The minimum Gasteiger partial charge on any atom is -0.489 e. The highest BCUT2D eigenvalue weighted by Gasteiger charge is 2.21. The summed E-state index contributed by atoms with van der Waals surface area (Å²) in [6, 6.07) is 19.1. The molecule has 0 spiro atoms. The Bertz CT molecular complexity index is 1020. The monoisotopic (exact) mass is 420 g/mol. The fourth-order valence-corrected chi connectivity index (χ4v) is 4.36. The summed E-state index contributed by atoms with van der Waals surface area (Å²) in [4.78, 5) is 28.2. The minimum absolute atomic E-state index is 0.0760. The van der Waals surface area contributed by atoms with E-state index < -0.39 is 0 Å². The number of carbonyl (C=O) groups is 2. The largest absolute Gasteiger partial charge is 0.489 e. The molecule has 3 aromatic rings. The van der Waals surface area contributed by atoms with Crippen molar-refractivity contribution in [3.63, 3.8) is 0 Å². The third-order valence-corrected chi connectivity index (χ3v) is 6.15. The second kappa shape index (κ2) is 9.59. The number of hydrogen-bond donors (Lipinski definition) is 1. The van der Waals surface area contributed by atoms with Gasteiger partial charge in [-0.1, -0.05) is 36.4 Å². The topological polar surface area (TPSA) is 58.6 Å². The Kier molecular flexibility index (Phi) is 6.44. The molecule has 0 saturated heterocycles. The number of carbonyl (C=O) groups excluding carboxylic acids is 2. The molecule has 4 rings (SSSR count). The zero-order valence-electron chi connectivity index (χ0n) is 16.7. The normalized spacial score (nSPS) is 12.9. The van der Waals surface area contributed by atoms with Gasteiger partial charge in [-0.15, -0.1) is 11.3 Å². The van der Waals surface area contributed by atoms with Crippen molar-refractivity contribution in [3.8, 4) is 5.75 Å². The van der Waals surface area contributed by atoms with Crippen LogP contribution in [0.2, 0.25) is 0 Å². The predicted molar refractivity (Wildman–Crippen MR) is 118 cm³/mol. The van der Waals surface area contributed by atoms with E-state index in [0.717, 1.165) is 18.5 Å². The molecule has 154 valence electrons. The standard InChI is InChI=1S/C24H24N2O3S/c27-23(26-13-10-22-20(16-26)11-14-30-22)9-12-25-24(28)19-7-4-8-21(15-19)29-17-18-5-2-1-3-6-18/h1-8,11,14-15H,9-10,12-13,16-17H2,(H,25,28). The highest BCUT2D eigenvalue weighted by atomic mass is 32.1. The lowest BCUT2D eigenvalue weighted by atomic mass is 10.1. The maximum absolute atomic E-state index is 12.5. The number of ether oxygens (including phenoxy) is 1. The van der Waals surface area contributed by atoms with Gasteiger partial charge in [0.2, 0.25) is 5.91 Å². The third-order valence-electron chi connectivity index (χ3n) is 5.13. The van der Waals surface area contributed by atoms with E-state index in [4.69, 9.17) is 4.74 Å². The molecule has 1 aliphatic heterocycles. The molecule has 0 unspecified atom stereocenters. The molecular weight excluding hydrogens is 396 g/mol. The molecule has 6 heteroatoms. The summed E-state index contributed by atoms with van der Waals surface area (Å²) in [5, 5.41) is 4.92. The third kappa shape index (κ3) is 5.07. The Morgan fingerprint density at radius 2 is 1.93 bits per heavy atom. The smallest absolute Gasteiger partial charge is 0.251 e. The number of benzene rings is 2. The number of rotatable bonds is 7. The van der Waals surface area contributed by atoms with Crippen molar-refractivity contribution in [2.24, 2.45) is 0 Å². The van der Waals surface area contributed by atoms with Crippen molar-refractivity contribution in [3.05, 3.63) is 87.6 Å². The summed E-state index contributed by atoms with van der Waals surface area (Å²) in [6.07, 6.45) is 1.22. The van der Waals surface area contributed by atoms with Crippen molar-refractivity contribution in [2.75, 3.05) is 13.1 Å². The highest BCUT2D eigenvalue weighted by molar-refractivity contribution is 7.10. The number of fused-ring (bicyclic) bond motifs is 1.